The molecule has 0 radical (unpaired) electrons. The summed E-state index contributed by atoms with van der Waals surface area (Å²) in [5, 5.41) is 9.51. The maximum atomic E-state index is 12.4. The Kier molecular flexibility index (Phi) is 8.19. The van der Waals surface area contributed by atoms with Crippen molar-refractivity contribution in [2.24, 2.45) is 0 Å². The Morgan fingerprint density at radius 2 is 1.66 bits per heavy atom. The topological polar surface area (TPSA) is 107 Å². The first-order chi connectivity index (χ1) is 15.6. The Bertz CT molecular complexity index is 1020. The Balaban J connectivity index is 1.46. The van der Waals surface area contributed by atoms with Gasteiger partial charge in [0, 0.05) is 12.1 Å². The molecule has 0 bridgehead atoms. The fraction of sp³-hybridized carbons (Fsp3) is 0.304. The van der Waals surface area contributed by atoms with E-state index in [4.69, 9.17) is 9.47 Å². The zero-order valence-electron chi connectivity index (χ0n) is 18.2. The molecule has 9 heteroatoms. The summed E-state index contributed by atoms with van der Waals surface area (Å²) in [5.74, 6) is 0.442. The lowest BCUT2D eigenvalue weighted by Gasteiger charge is -2.12. The monoisotopic (exact) mass is 437 g/mol. The number of ether oxygens (including phenoxy) is 2. The average molecular weight is 438 g/mol. The fourth-order valence-corrected chi connectivity index (χ4v) is 2.98. The maximum Gasteiger partial charge on any atom is 0.251 e. The van der Waals surface area contributed by atoms with Gasteiger partial charge in [-0.15, -0.1) is 0 Å². The van der Waals surface area contributed by atoms with Gasteiger partial charge in [0.1, 0.15) is 12.7 Å². The number of amides is 2. The van der Waals surface area contributed by atoms with Gasteiger partial charge in [0.2, 0.25) is 5.91 Å². The van der Waals surface area contributed by atoms with E-state index in [0.717, 1.165) is 11.1 Å². The summed E-state index contributed by atoms with van der Waals surface area (Å²) < 4.78 is 12.8. The predicted molar refractivity (Wildman–Crippen MR) is 119 cm³/mol. The van der Waals surface area contributed by atoms with Crippen molar-refractivity contribution in [2.45, 2.75) is 26.9 Å². The molecular formula is C23H27N5O4. The number of aromatic nitrogens is 3. The van der Waals surface area contributed by atoms with E-state index in [-0.39, 0.29) is 18.4 Å². The molecule has 0 aliphatic carbocycles. The number of nitrogens with one attached hydrogen (secondary N) is 2. The zero-order valence-corrected chi connectivity index (χ0v) is 18.2. The Hall–Kier alpha value is -3.88. The minimum atomic E-state index is -0.360. The summed E-state index contributed by atoms with van der Waals surface area (Å²) in [6, 6.07) is 12.8. The Morgan fingerprint density at radius 3 is 2.34 bits per heavy atom. The van der Waals surface area contributed by atoms with E-state index in [9.17, 15) is 9.59 Å². The molecule has 32 heavy (non-hydrogen) atoms. The first-order valence-electron chi connectivity index (χ1n) is 10.4. The summed E-state index contributed by atoms with van der Waals surface area (Å²) in [5.41, 5.74) is 2.44. The molecule has 9 nitrogen and oxygen atoms in total. The van der Waals surface area contributed by atoms with Gasteiger partial charge in [0.25, 0.3) is 5.91 Å². The number of nitrogens with zero attached hydrogens (tertiary/aromatic N) is 3. The molecule has 0 aliphatic rings. The van der Waals surface area contributed by atoms with E-state index >= 15 is 0 Å². The minimum Gasteiger partial charge on any atom is -0.490 e. The van der Waals surface area contributed by atoms with Crippen LogP contribution in [0.5, 0.6) is 11.5 Å². The molecular weight excluding hydrogens is 410 g/mol. The van der Waals surface area contributed by atoms with Gasteiger partial charge in [-0.3, -0.25) is 9.59 Å². The summed E-state index contributed by atoms with van der Waals surface area (Å²) in [7, 11) is 0. The summed E-state index contributed by atoms with van der Waals surface area (Å²) in [6.45, 7) is 5.57. The van der Waals surface area contributed by atoms with Crippen molar-refractivity contribution in [3.8, 4) is 11.5 Å². The molecule has 3 aromatic rings. The Labute approximate surface area is 186 Å². The van der Waals surface area contributed by atoms with Gasteiger partial charge in [-0.1, -0.05) is 24.3 Å². The van der Waals surface area contributed by atoms with Gasteiger partial charge in [0.15, 0.2) is 11.5 Å². The highest BCUT2D eigenvalue weighted by Crippen LogP contribution is 2.28. The first-order valence-corrected chi connectivity index (χ1v) is 10.4. The van der Waals surface area contributed by atoms with Gasteiger partial charge in [-0.05, 0) is 43.2 Å². The molecule has 0 aliphatic heterocycles. The van der Waals surface area contributed by atoms with Crippen LogP contribution in [-0.4, -0.2) is 46.3 Å². The third kappa shape index (κ3) is 6.56. The predicted octanol–water partition coefficient (Wildman–Crippen LogP) is 2.17. The van der Waals surface area contributed by atoms with Crippen LogP contribution in [0.2, 0.25) is 0 Å². The van der Waals surface area contributed by atoms with Gasteiger partial charge in [-0.25, -0.2) is 9.67 Å². The number of hydrogen-bond acceptors (Lipinski definition) is 6. The number of hydrogen-bond donors (Lipinski definition) is 2. The molecule has 0 spiro atoms. The lowest BCUT2D eigenvalue weighted by atomic mass is 10.1. The molecule has 0 atom stereocenters. The van der Waals surface area contributed by atoms with E-state index in [1.54, 1.807) is 29.2 Å². The van der Waals surface area contributed by atoms with E-state index in [0.29, 0.717) is 43.4 Å². The molecule has 1 heterocycles. The average Bonchev–Trinajstić information content (AvgIpc) is 3.31. The van der Waals surface area contributed by atoms with E-state index in [1.807, 2.05) is 38.1 Å². The lowest BCUT2D eigenvalue weighted by Crippen LogP contribution is -2.36. The lowest BCUT2D eigenvalue weighted by molar-refractivity contribution is -0.120. The maximum absolute atomic E-state index is 12.4. The van der Waals surface area contributed by atoms with Crippen LogP contribution in [0.3, 0.4) is 0 Å². The second-order valence-electron chi connectivity index (χ2n) is 6.90. The van der Waals surface area contributed by atoms with Crippen molar-refractivity contribution in [2.75, 3.05) is 19.8 Å². The van der Waals surface area contributed by atoms with Gasteiger partial charge in [0.05, 0.1) is 26.3 Å². The van der Waals surface area contributed by atoms with Crippen LogP contribution in [0.1, 0.15) is 35.3 Å². The Morgan fingerprint density at radius 1 is 0.938 bits per heavy atom. The molecule has 3 rings (SSSR count). The fourth-order valence-electron chi connectivity index (χ4n) is 2.98. The molecule has 0 saturated carbocycles. The third-order valence-corrected chi connectivity index (χ3v) is 4.54. The standard InChI is InChI=1S/C23H27N5O4/c1-3-31-20-10-9-19(11-21(20)32-4-2)23(30)26-13-22(29)25-12-17-5-7-18(8-6-17)14-28-16-24-15-27-28/h5-11,15-16H,3-4,12-14H2,1-2H3,(H,25,29)(H,26,30). The summed E-state index contributed by atoms with van der Waals surface area (Å²) >= 11 is 0. The van der Waals surface area contributed by atoms with Gasteiger partial charge >= 0.3 is 0 Å². The van der Waals surface area contributed by atoms with Crippen LogP contribution in [0.25, 0.3) is 0 Å². The molecule has 0 fully saturated rings. The quantitative estimate of drug-likeness (QED) is 0.476. The third-order valence-electron chi connectivity index (χ3n) is 4.54. The van der Waals surface area contributed by atoms with Crippen molar-refractivity contribution in [1.82, 2.24) is 25.4 Å². The first kappa shape index (κ1) is 22.8. The number of benzene rings is 2. The van der Waals surface area contributed by atoms with E-state index in [2.05, 4.69) is 20.7 Å². The van der Waals surface area contributed by atoms with Crippen LogP contribution in [-0.2, 0) is 17.9 Å². The van der Waals surface area contributed by atoms with Crippen LogP contribution in [0.4, 0.5) is 0 Å². The SMILES string of the molecule is CCOc1ccc(C(=O)NCC(=O)NCc2ccc(Cn3cncn3)cc2)cc1OCC. The van der Waals surface area contributed by atoms with Gasteiger partial charge in [-0.2, -0.15) is 5.10 Å². The molecule has 0 unspecified atom stereocenters. The molecule has 2 amide bonds. The molecule has 2 aromatic carbocycles. The van der Waals surface area contributed by atoms with Crippen molar-refractivity contribution < 1.29 is 19.1 Å². The zero-order chi connectivity index (χ0) is 22.8. The number of carbonyl (C=O) groups is 2. The second-order valence-corrected chi connectivity index (χ2v) is 6.90. The van der Waals surface area contributed by atoms with Crippen LogP contribution >= 0.6 is 0 Å². The van der Waals surface area contributed by atoms with Crippen LogP contribution in [0, 0.1) is 0 Å². The summed E-state index contributed by atoms with van der Waals surface area (Å²) in [6.07, 6.45) is 3.16. The largest absolute Gasteiger partial charge is 0.490 e. The normalized spacial score (nSPS) is 10.4. The molecule has 1 aromatic heterocycles. The van der Waals surface area contributed by atoms with Crippen molar-refractivity contribution >= 4 is 11.8 Å². The van der Waals surface area contributed by atoms with Crippen molar-refractivity contribution in [3.05, 3.63) is 71.8 Å². The van der Waals surface area contributed by atoms with E-state index < -0.39 is 0 Å². The highest BCUT2D eigenvalue weighted by Gasteiger charge is 2.12. The highest BCUT2D eigenvalue weighted by atomic mass is 16.5. The summed E-state index contributed by atoms with van der Waals surface area (Å²) in [4.78, 5) is 28.5. The minimum absolute atomic E-state index is 0.125. The molecule has 2 N–H and O–H groups in total. The van der Waals surface area contributed by atoms with Gasteiger partial charge < -0.3 is 20.1 Å². The molecule has 0 saturated heterocycles. The smallest absolute Gasteiger partial charge is 0.251 e. The number of carbonyl (C=O) groups excluding carboxylic acids is 2. The van der Waals surface area contributed by atoms with Crippen LogP contribution < -0.4 is 20.1 Å². The van der Waals surface area contributed by atoms with Crippen molar-refractivity contribution in [1.29, 1.82) is 0 Å². The second kappa shape index (κ2) is 11.5. The number of rotatable bonds is 11. The van der Waals surface area contributed by atoms with Crippen molar-refractivity contribution in [3.63, 3.8) is 0 Å². The highest BCUT2D eigenvalue weighted by molar-refractivity contribution is 5.97. The van der Waals surface area contributed by atoms with Crippen LogP contribution in [0.15, 0.2) is 55.1 Å². The molecule has 168 valence electrons. The van der Waals surface area contributed by atoms with E-state index in [1.165, 1.54) is 6.33 Å².